The lowest BCUT2D eigenvalue weighted by atomic mass is 10.1. The van der Waals surface area contributed by atoms with E-state index in [0.717, 1.165) is 32.0 Å². The number of ether oxygens (including phenoxy) is 2. The van der Waals surface area contributed by atoms with Gasteiger partial charge in [-0.15, -0.1) is 24.0 Å². The van der Waals surface area contributed by atoms with E-state index in [1.54, 1.807) is 11.9 Å². The highest BCUT2D eigenvalue weighted by molar-refractivity contribution is 14.0. The molecular weight excluding hydrogens is 423 g/mol. The average Bonchev–Trinajstić information content (AvgIpc) is 2.54. The third kappa shape index (κ3) is 9.51. The minimum atomic E-state index is -0.212. The zero-order chi connectivity index (χ0) is 17.1. The number of amides is 1. The summed E-state index contributed by atoms with van der Waals surface area (Å²) in [6.07, 6.45) is 1.57. The van der Waals surface area contributed by atoms with Crippen molar-refractivity contribution in [2.75, 3.05) is 46.5 Å². The lowest BCUT2D eigenvalue weighted by Gasteiger charge is -2.32. The minimum absolute atomic E-state index is 0. The number of guanidine groups is 1. The molecular formula is C16H33IN4O3. The molecule has 1 rings (SSSR count). The molecule has 0 aliphatic carbocycles. The number of aliphatic imine (C=N–C) groups is 1. The van der Waals surface area contributed by atoms with E-state index in [-0.39, 0.29) is 30.1 Å². The second-order valence-corrected chi connectivity index (χ2v) is 6.07. The van der Waals surface area contributed by atoms with Crippen molar-refractivity contribution < 1.29 is 14.3 Å². The van der Waals surface area contributed by atoms with Gasteiger partial charge in [0, 0.05) is 39.3 Å². The molecule has 24 heavy (non-hydrogen) atoms. The van der Waals surface area contributed by atoms with Crippen molar-refractivity contribution in [2.45, 2.75) is 39.7 Å². The highest BCUT2D eigenvalue weighted by atomic mass is 127. The Morgan fingerprint density at radius 1 is 1.33 bits per heavy atom. The summed E-state index contributed by atoms with van der Waals surface area (Å²) in [7, 11) is 1.76. The highest BCUT2D eigenvalue weighted by Crippen LogP contribution is 2.11. The Balaban J connectivity index is 0.00000529. The standard InChI is InChI=1S/C16H32N4O3.HI/c1-5-23-16(21)20-9-6-14(7-10-20)19-15(17-4)18-8-11-22-12-13(2)3;/h13-14H,5-12H2,1-4H3,(H2,17,18,19);1H. The summed E-state index contributed by atoms with van der Waals surface area (Å²) in [4.78, 5) is 17.7. The zero-order valence-corrected chi connectivity index (χ0v) is 17.7. The molecule has 0 unspecified atom stereocenters. The monoisotopic (exact) mass is 456 g/mol. The van der Waals surface area contributed by atoms with Gasteiger partial charge >= 0.3 is 6.09 Å². The van der Waals surface area contributed by atoms with Crippen molar-refractivity contribution in [1.29, 1.82) is 0 Å². The molecule has 0 radical (unpaired) electrons. The van der Waals surface area contributed by atoms with Crippen molar-refractivity contribution >= 4 is 36.0 Å². The number of piperidine rings is 1. The third-order valence-corrected chi connectivity index (χ3v) is 3.58. The number of nitrogens with zero attached hydrogens (tertiary/aromatic N) is 2. The molecule has 0 aromatic carbocycles. The van der Waals surface area contributed by atoms with Gasteiger partial charge in [0.15, 0.2) is 5.96 Å². The number of nitrogens with one attached hydrogen (secondary N) is 2. The first-order valence-electron chi connectivity index (χ1n) is 8.53. The van der Waals surface area contributed by atoms with Gasteiger partial charge in [-0.1, -0.05) is 13.8 Å². The Bertz CT molecular complexity index is 372. The SMILES string of the molecule is CCOC(=O)N1CCC(NC(=NC)NCCOCC(C)C)CC1.I. The van der Waals surface area contributed by atoms with Crippen LogP contribution in [0.15, 0.2) is 4.99 Å². The Labute approximate surface area is 162 Å². The van der Waals surface area contributed by atoms with Gasteiger partial charge in [0.05, 0.1) is 13.2 Å². The van der Waals surface area contributed by atoms with E-state index in [4.69, 9.17) is 9.47 Å². The van der Waals surface area contributed by atoms with Crippen LogP contribution in [0.1, 0.15) is 33.6 Å². The lowest BCUT2D eigenvalue weighted by Crippen LogP contribution is -2.50. The van der Waals surface area contributed by atoms with Gasteiger partial charge in [-0.05, 0) is 25.7 Å². The van der Waals surface area contributed by atoms with Gasteiger partial charge in [-0.3, -0.25) is 4.99 Å². The second kappa shape index (κ2) is 13.5. The normalized spacial score (nSPS) is 15.9. The van der Waals surface area contributed by atoms with Crippen LogP contribution in [-0.4, -0.2) is 69.5 Å². The van der Waals surface area contributed by atoms with Gasteiger partial charge in [0.2, 0.25) is 0 Å². The van der Waals surface area contributed by atoms with Crippen LogP contribution in [0.4, 0.5) is 4.79 Å². The van der Waals surface area contributed by atoms with Crippen LogP contribution in [-0.2, 0) is 9.47 Å². The van der Waals surface area contributed by atoms with Crippen molar-refractivity contribution in [3.05, 3.63) is 0 Å². The molecule has 0 spiro atoms. The van der Waals surface area contributed by atoms with Crippen LogP contribution >= 0.6 is 24.0 Å². The van der Waals surface area contributed by atoms with Crippen molar-refractivity contribution in [3.63, 3.8) is 0 Å². The summed E-state index contributed by atoms with van der Waals surface area (Å²) >= 11 is 0. The summed E-state index contributed by atoms with van der Waals surface area (Å²) < 4.78 is 10.6. The second-order valence-electron chi connectivity index (χ2n) is 6.07. The van der Waals surface area contributed by atoms with E-state index in [9.17, 15) is 4.79 Å². The molecule has 1 aliphatic rings. The Morgan fingerprint density at radius 2 is 2.00 bits per heavy atom. The molecule has 0 bridgehead atoms. The number of likely N-dealkylation sites (tertiary alicyclic amines) is 1. The molecule has 1 aliphatic heterocycles. The fraction of sp³-hybridized carbons (Fsp3) is 0.875. The Morgan fingerprint density at radius 3 is 2.54 bits per heavy atom. The maximum Gasteiger partial charge on any atom is 0.409 e. The Hall–Kier alpha value is -0.770. The first-order chi connectivity index (χ1) is 11.1. The molecule has 0 aromatic rings. The topological polar surface area (TPSA) is 75.2 Å². The molecule has 8 heteroatoms. The largest absolute Gasteiger partial charge is 0.450 e. The van der Waals surface area contributed by atoms with Crippen LogP contribution in [0.3, 0.4) is 0 Å². The summed E-state index contributed by atoms with van der Waals surface area (Å²) in [5.74, 6) is 1.34. The Kier molecular flexibility index (Phi) is 13.1. The zero-order valence-electron chi connectivity index (χ0n) is 15.3. The molecule has 142 valence electrons. The fourth-order valence-corrected chi connectivity index (χ4v) is 2.37. The molecule has 1 saturated heterocycles. The predicted molar refractivity (Wildman–Crippen MR) is 107 cm³/mol. The first-order valence-corrected chi connectivity index (χ1v) is 8.53. The summed E-state index contributed by atoms with van der Waals surface area (Å²) in [5, 5.41) is 6.65. The van der Waals surface area contributed by atoms with Gasteiger partial charge < -0.3 is 25.0 Å². The molecule has 1 fully saturated rings. The average molecular weight is 456 g/mol. The van der Waals surface area contributed by atoms with Crippen LogP contribution < -0.4 is 10.6 Å². The molecule has 2 N–H and O–H groups in total. The maximum absolute atomic E-state index is 11.7. The van der Waals surface area contributed by atoms with Gasteiger partial charge in [0.25, 0.3) is 0 Å². The van der Waals surface area contributed by atoms with Crippen molar-refractivity contribution in [1.82, 2.24) is 15.5 Å². The van der Waals surface area contributed by atoms with Crippen molar-refractivity contribution in [3.8, 4) is 0 Å². The van der Waals surface area contributed by atoms with Crippen LogP contribution in [0.25, 0.3) is 0 Å². The highest BCUT2D eigenvalue weighted by Gasteiger charge is 2.23. The summed E-state index contributed by atoms with van der Waals surface area (Å²) in [6.45, 7) is 10.1. The maximum atomic E-state index is 11.7. The van der Waals surface area contributed by atoms with Crippen molar-refractivity contribution in [2.24, 2.45) is 10.9 Å². The van der Waals surface area contributed by atoms with E-state index in [1.165, 1.54) is 0 Å². The molecule has 0 saturated carbocycles. The number of carbonyl (C=O) groups excluding carboxylic acids is 1. The molecule has 0 aromatic heterocycles. The van der Waals surface area contributed by atoms with E-state index < -0.39 is 0 Å². The predicted octanol–water partition coefficient (Wildman–Crippen LogP) is 2.06. The van der Waals surface area contributed by atoms with E-state index in [0.29, 0.717) is 38.3 Å². The van der Waals surface area contributed by atoms with Crippen LogP contribution in [0.5, 0.6) is 0 Å². The molecule has 7 nitrogen and oxygen atoms in total. The molecule has 0 atom stereocenters. The van der Waals surface area contributed by atoms with Crippen LogP contribution in [0.2, 0.25) is 0 Å². The minimum Gasteiger partial charge on any atom is -0.450 e. The summed E-state index contributed by atoms with van der Waals surface area (Å²) in [6, 6.07) is 0.323. The first kappa shape index (κ1) is 23.2. The molecule has 1 heterocycles. The smallest absolute Gasteiger partial charge is 0.409 e. The quantitative estimate of drug-likeness (QED) is 0.266. The van der Waals surface area contributed by atoms with Crippen LogP contribution in [0, 0.1) is 5.92 Å². The number of carbonyl (C=O) groups is 1. The fourth-order valence-electron chi connectivity index (χ4n) is 2.37. The number of rotatable bonds is 7. The van der Waals surface area contributed by atoms with Gasteiger partial charge in [-0.25, -0.2) is 4.79 Å². The summed E-state index contributed by atoms with van der Waals surface area (Å²) in [5.41, 5.74) is 0. The number of hydrogen-bond acceptors (Lipinski definition) is 4. The lowest BCUT2D eigenvalue weighted by molar-refractivity contribution is 0.0962. The van der Waals surface area contributed by atoms with E-state index in [2.05, 4.69) is 29.5 Å². The molecule has 1 amide bonds. The van der Waals surface area contributed by atoms with E-state index in [1.807, 2.05) is 6.92 Å². The van der Waals surface area contributed by atoms with Gasteiger partial charge in [0.1, 0.15) is 0 Å². The van der Waals surface area contributed by atoms with Gasteiger partial charge in [-0.2, -0.15) is 0 Å². The number of halogens is 1. The third-order valence-electron chi connectivity index (χ3n) is 3.58. The van der Waals surface area contributed by atoms with E-state index >= 15 is 0 Å². The number of hydrogen-bond donors (Lipinski definition) is 2.